The maximum absolute atomic E-state index is 12.7. The molecule has 1 N–H and O–H groups in total. The zero-order valence-electron chi connectivity index (χ0n) is 15.4. The maximum Gasteiger partial charge on any atom is 0.231 e. The van der Waals surface area contributed by atoms with Gasteiger partial charge < -0.3 is 10.2 Å². The molecule has 142 valence electrons. The van der Waals surface area contributed by atoms with Crippen molar-refractivity contribution in [3.63, 3.8) is 0 Å². The van der Waals surface area contributed by atoms with Gasteiger partial charge in [0.15, 0.2) is 5.13 Å². The Kier molecular flexibility index (Phi) is 6.09. The van der Waals surface area contributed by atoms with E-state index >= 15 is 0 Å². The Labute approximate surface area is 173 Å². The first-order chi connectivity index (χ1) is 13.8. The molecule has 4 nitrogen and oxygen atoms in total. The van der Waals surface area contributed by atoms with E-state index in [-0.39, 0.29) is 5.91 Å². The summed E-state index contributed by atoms with van der Waals surface area (Å²) in [6.45, 7) is 1.51. The Morgan fingerprint density at radius 1 is 1.07 bits per heavy atom. The van der Waals surface area contributed by atoms with Crippen LogP contribution in [0.15, 0.2) is 71.1 Å². The van der Waals surface area contributed by atoms with Gasteiger partial charge in [0.1, 0.15) is 0 Å². The average Bonchev–Trinajstić information content (AvgIpc) is 3.38. The molecule has 2 heterocycles. The molecule has 3 aromatic rings. The van der Waals surface area contributed by atoms with Crippen LogP contribution in [0.25, 0.3) is 6.08 Å². The first-order valence-corrected chi connectivity index (χ1v) is 11.1. The van der Waals surface area contributed by atoms with Gasteiger partial charge in [-0.3, -0.25) is 4.79 Å². The number of thioether (sulfide) groups is 1. The normalized spacial score (nSPS) is 15.1. The molecule has 1 aromatic heterocycles. The standard InChI is InChI=1S/C22H21N3OS2/c26-20(13-17-7-3-1-4-8-17)25-11-12-27-21(25)14-19-16-28-22(24-19)23-15-18-9-5-2-6-10-18/h1-10,14,16H,11-13,15H2,(H,23,24)/b21-14+. The molecule has 0 radical (unpaired) electrons. The molecule has 1 aliphatic heterocycles. The van der Waals surface area contributed by atoms with E-state index < -0.39 is 0 Å². The van der Waals surface area contributed by atoms with Crippen LogP contribution >= 0.6 is 23.1 Å². The zero-order chi connectivity index (χ0) is 19.2. The zero-order valence-corrected chi connectivity index (χ0v) is 17.0. The molecule has 28 heavy (non-hydrogen) atoms. The van der Waals surface area contributed by atoms with Gasteiger partial charge in [-0.25, -0.2) is 4.98 Å². The SMILES string of the molecule is O=C(Cc1ccccc1)N1CCS/C1=C/c1csc(NCc2ccccc2)n1. The number of benzene rings is 2. The number of hydrogen-bond acceptors (Lipinski definition) is 5. The minimum absolute atomic E-state index is 0.139. The summed E-state index contributed by atoms with van der Waals surface area (Å²) in [6.07, 6.45) is 2.45. The smallest absolute Gasteiger partial charge is 0.231 e. The molecule has 0 atom stereocenters. The van der Waals surface area contributed by atoms with E-state index in [0.717, 1.165) is 40.3 Å². The Balaban J connectivity index is 1.40. The molecule has 0 saturated carbocycles. The van der Waals surface area contributed by atoms with Crippen LogP contribution in [0.3, 0.4) is 0 Å². The third kappa shape index (κ3) is 4.82. The first kappa shape index (κ1) is 18.8. The van der Waals surface area contributed by atoms with Crippen molar-refractivity contribution in [1.82, 2.24) is 9.88 Å². The van der Waals surface area contributed by atoms with Gasteiger partial charge in [0, 0.05) is 24.2 Å². The van der Waals surface area contributed by atoms with E-state index in [9.17, 15) is 4.79 Å². The van der Waals surface area contributed by atoms with Crippen molar-refractivity contribution in [3.05, 3.63) is 87.9 Å². The average molecular weight is 408 g/mol. The summed E-state index contributed by atoms with van der Waals surface area (Å²) in [4.78, 5) is 19.3. The maximum atomic E-state index is 12.7. The van der Waals surface area contributed by atoms with Crippen LogP contribution < -0.4 is 5.32 Å². The second kappa shape index (κ2) is 9.08. The van der Waals surface area contributed by atoms with Gasteiger partial charge in [0.25, 0.3) is 0 Å². The van der Waals surface area contributed by atoms with Gasteiger partial charge in [-0.1, -0.05) is 60.7 Å². The highest BCUT2D eigenvalue weighted by Crippen LogP contribution is 2.31. The summed E-state index contributed by atoms with van der Waals surface area (Å²) < 4.78 is 0. The molecule has 1 fully saturated rings. The van der Waals surface area contributed by atoms with Crippen LogP contribution in [0.2, 0.25) is 0 Å². The first-order valence-electron chi connectivity index (χ1n) is 9.20. The number of carbonyl (C=O) groups excluding carboxylic acids is 1. The van der Waals surface area contributed by atoms with Gasteiger partial charge in [-0.05, 0) is 17.2 Å². The fraction of sp³-hybridized carbons (Fsp3) is 0.182. The van der Waals surface area contributed by atoms with E-state index in [1.54, 1.807) is 23.1 Å². The molecule has 0 bridgehead atoms. The minimum Gasteiger partial charge on any atom is -0.357 e. The van der Waals surface area contributed by atoms with Crippen LogP contribution in [0, 0.1) is 0 Å². The lowest BCUT2D eigenvalue weighted by molar-refractivity contribution is -0.127. The van der Waals surface area contributed by atoms with E-state index in [0.29, 0.717) is 6.42 Å². The number of carbonyl (C=O) groups is 1. The summed E-state index contributed by atoms with van der Waals surface area (Å²) in [5.41, 5.74) is 3.16. The monoisotopic (exact) mass is 407 g/mol. The van der Waals surface area contributed by atoms with E-state index in [1.165, 1.54) is 5.56 Å². The van der Waals surface area contributed by atoms with Crippen LogP contribution in [-0.2, 0) is 17.8 Å². The van der Waals surface area contributed by atoms with Crippen molar-refractivity contribution >= 4 is 40.2 Å². The van der Waals surface area contributed by atoms with Gasteiger partial charge >= 0.3 is 0 Å². The summed E-state index contributed by atoms with van der Waals surface area (Å²) >= 11 is 3.30. The van der Waals surface area contributed by atoms with Crippen molar-refractivity contribution in [2.45, 2.75) is 13.0 Å². The number of aromatic nitrogens is 1. The fourth-order valence-corrected chi connectivity index (χ4v) is 4.70. The summed E-state index contributed by atoms with van der Waals surface area (Å²) in [7, 11) is 0. The number of nitrogens with zero attached hydrogens (tertiary/aromatic N) is 2. The van der Waals surface area contributed by atoms with Crippen molar-refractivity contribution in [2.24, 2.45) is 0 Å². The summed E-state index contributed by atoms with van der Waals surface area (Å²) in [5, 5.41) is 7.27. The number of anilines is 1. The third-order valence-corrected chi connectivity index (χ3v) is 6.25. The number of rotatable bonds is 6. The minimum atomic E-state index is 0.139. The molecular weight excluding hydrogens is 386 g/mol. The molecule has 6 heteroatoms. The fourth-order valence-electron chi connectivity index (χ4n) is 3.00. The van der Waals surface area contributed by atoms with Crippen molar-refractivity contribution in [3.8, 4) is 0 Å². The molecule has 4 rings (SSSR count). The molecule has 1 aliphatic rings. The number of amides is 1. The second-order valence-electron chi connectivity index (χ2n) is 6.46. The van der Waals surface area contributed by atoms with Crippen molar-refractivity contribution < 1.29 is 4.79 Å². The Bertz CT molecular complexity index is 954. The highest BCUT2D eigenvalue weighted by Gasteiger charge is 2.24. The summed E-state index contributed by atoms with van der Waals surface area (Å²) in [6, 6.07) is 20.2. The Hall–Kier alpha value is -2.57. The van der Waals surface area contributed by atoms with Crippen LogP contribution in [0.4, 0.5) is 5.13 Å². The van der Waals surface area contributed by atoms with Gasteiger partial charge in [0.2, 0.25) is 5.91 Å². The van der Waals surface area contributed by atoms with Crippen molar-refractivity contribution in [2.75, 3.05) is 17.6 Å². The number of hydrogen-bond donors (Lipinski definition) is 1. The highest BCUT2D eigenvalue weighted by atomic mass is 32.2. The summed E-state index contributed by atoms with van der Waals surface area (Å²) in [5.74, 6) is 1.07. The van der Waals surface area contributed by atoms with E-state index in [2.05, 4.69) is 22.4 Å². The van der Waals surface area contributed by atoms with Gasteiger partial charge in [-0.15, -0.1) is 23.1 Å². The molecule has 0 aliphatic carbocycles. The number of thiazole rings is 1. The van der Waals surface area contributed by atoms with Gasteiger partial charge in [0.05, 0.1) is 17.1 Å². The third-order valence-electron chi connectivity index (χ3n) is 4.41. The van der Waals surface area contributed by atoms with E-state index in [1.807, 2.05) is 64.9 Å². The van der Waals surface area contributed by atoms with Crippen LogP contribution in [0.1, 0.15) is 16.8 Å². The lowest BCUT2D eigenvalue weighted by Gasteiger charge is -2.16. The number of nitrogens with one attached hydrogen (secondary N) is 1. The molecule has 0 spiro atoms. The Morgan fingerprint density at radius 3 is 2.54 bits per heavy atom. The molecule has 0 unspecified atom stereocenters. The predicted molar refractivity (Wildman–Crippen MR) is 118 cm³/mol. The van der Waals surface area contributed by atoms with Crippen LogP contribution in [-0.4, -0.2) is 28.1 Å². The molecular formula is C22H21N3OS2. The molecule has 2 aromatic carbocycles. The molecule has 1 amide bonds. The Morgan fingerprint density at radius 2 is 1.79 bits per heavy atom. The highest BCUT2D eigenvalue weighted by molar-refractivity contribution is 8.03. The van der Waals surface area contributed by atoms with Crippen LogP contribution in [0.5, 0.6) is 0 Å². The van der Waals surface area contributed by atoms with E-state index in [4.69, 9.17) is 0 Å². The largest absolute Gasteiger partial charge is 0.357 e. The molecule has 1 saturated heterocycles. The van der Waals surface area contributed by atoms with Crippen molar-refractivity contribution in [1.29, 1.82) is 0 Å². The topological polar surface area (TPSA) is 45.2 Å². The van der Waals surface area contributed by atoms with Gasteiger partial charge in [-0.2, -0.15) is 0 Å². The lowest BCUT2D eigenvalue weighted by atomic mass is 10.1. The quantitative estimate of drug-likeness (QED) is 0.633. The lowest BCUT2D eigenvalue weighted by Crippen LogP contribution is -2.28. The predicted octanol–water partition coefficient (Wildman–Crippen LogP) is 4.87. The second-order valence-corrected chi connectivity index (χ2v) is 8.43.